The van der Waals surface area contributed by atoms with Gasteiger partial charge in [-0.15, -0.1) is 0 Å². The van der Waals surface area contributed by atoms with Crippen LogP contribution in [0.4, 0.5) is 0 Å². The first-order valence-corrected chi connectivity index (χ1v) is 11.0. The van der Waals surface area contributed by atoms with Crippen LogP contribution in [0.5, 0.6) is 11.5 Å². The van der Waals surface area contributed by atoms with E-state index in [0.29, 0.717) is 36.4 Å². The summed E-state index contributed by atoms with van der Waals surface area (Å²) in [6.45, 7) is 4.51. The molecule has 2 aromatic carbocycles. The van der Waals surface area contributed by atoms with Crippen LogP contribution in [0.1, 0.15) is 37.0 Å². The molecule has 0 radical (unpaired) electrons. The molecule has 2 aliphatic rings. The number of carbonyl (C=O) groups excluding carboxylic acids is 3. The predicted octanol–water partition coefficient (Wildman–Crippen LogP) is 3.19. The minimum Gasteiger partial charge on any atom is -0.457 e. The fourth-order valence-corrected chi connectivity index (χ4v) is 4.30. The second kappa shape index (κ2) is 9.53. The number of hydrogen-bond donors (Lipinski definition) is 1. The van der Waals surface area contributed by atoms with Gasteiger partial charge in [-0.3, -0.25) is 14.4 Å². The minimum atomic E-state index is -0.714. The molecule has 168 valence electrons. The summed E-state index contributed by atoms with van der Waals surface area (Å²) < 4.78 is 11.3. The standard InChI is InChI=1S/C25H28N2O5/c1-16(2)13-20(25(30)27-12-11-22-23(27)21(28)15-31-22)26-24(29)17-7-6-10-19(14-17)32-18-8-4-3-5-9-18/h3-10,14,16,20,22-23H,11-13,15H2,1-2H3,(H,26,29)/t20-,22?,23?/m0/s1. The summed E-state index contributed by atoms with van der Waals surface area (Å²) in [6.07, 6.45) is 0.894. The minimum absolute atomic E-state index is 0.0501. The monoisotopic (exact) mass is 436 g/mol. The number of hydrogen-bond acceptors (Lipinski definition) is 5. The predicted molar refractivity (Wildman–Crippen MR) is 119 cm³/mol. The molecule has 0 bridgehead atoms. The topological polar surface area (TPSA) is 84.9 Å². The number of amides is 2. The van der Waals surface area contributed by atoms with E-state index in [1.807, 2.05) is 44.2 Å². The largest absolute Gasteiger partial charge is 0.457 e. The van der Waals surface area contributed by atoms with E-state index in [4.69, 9.17) is 9.47 Å². The molecule has 2 unspecified atom stereocenters. The lowest BCUT2D eigenvalue weighted by Gasteiger charge is -2.28. The summed E-state index contributed by atoms with van der Waals surface area (Å²) in [5, 5.41) is 2.89. The number of Topliss-reactive ketones (excluding diaryl/α,β-unsaturated/α-hetero) is 1. The zero-order chi connectivity index (χ0) is 22.7. The average molecular weight is 437 g/mol. The molecule has 1 N–H and O–H groups in total. The van der Waals surface area contributed by atoms with Crippen LogP contribution in [-0.2, 0) is 14.3 Å². The van der Waals surface area contributed by atoms with Crippen molar-refractivity contribution in [3.05, 3.63) is 60.2 Å². The Morgan fingerprint density at radius 1 is 1.12 bits per heavy atom. The molecule has 2 amide bonds. The third-order valence-electron chi connectivity index (χ3n) is 5.78. The van der Waals surface area contributed by atoms with E-state index >= 15 is 0 Å². The molecule has 7 heteroatoms. The highest BCUT2D eigenvalue weighted by Crippen LogP contribution is 2.28. The summed E-state index contributed by atoms with van der Waals surface area (Å²) in [5.74, 6) is 0.742. The van der Waals surface area contributed by atoms with E-state index < -0.39 is 12.1 Å². The van der Waals surface area contributed by atoms with Gasteiger partial charge in [0, 0.05) is 12.1 Å². The van der Waals surface area contributed by atoms with Crippen LogP contribution in [0, 0.1) is 5.92 Å². The quantitative estimate of drug-likeness (QED) is 0.721. The molecule has 3 atom stereocenters. The number of nitrogens with zero attached hydrogens (tertiary/aromatic N) is 1. The van der Waals surface area contributed by atoms with E-state index in [9.17, 15) is 14.4 Å². The van der Waals surface area contributed by atoms with Crippen molar-refractivity contribution >= 4 is 17.6 Å². The van der Waals surface area contributed by atoms with E-state index in [2.05, 4.69) is 5.32 Å². The van der Waals surface area contributed by atoms with Gasteiger partial charge in [0.1, 0.15) is 30.2 Å². The van der Waals surface area contributed by atoms with Gasteiger partial charge in [-0.2, -0.15) is 0 Å². The molecule has 2 aromatic rings. The molecule has 0 aromatic heterocycles. The zero-order valence-corrected chi connectivity index (χ0v) is 18.3. The molecule has 0 spiro atoms. The Morgan fingerprint density at radius 3 is 2.62 bits per heavy atom. The summed E-state index contributed by atoms with van der Waals surface area (Å²) in [4.78, 5) is 40.2. The van der Waals surface area contributed by atoms with Gasteiger partial charge in [-0.25, -0.2) is 0 Å². The molecule has 32 heavy (non-hydrogen) atoms. The van der Waals surface area contributed by atoms with Crippen molar-refractivity contribution in [2.24, 2.45) is 5.92 Å². The molecule has 2 aliphatic heterocycles. The maximum absolute atomic E-state index is 13.3. The molecular weight excluding hydrogens is 408 g/mol. The molecule has 7 nitrogen and oxygen atoms in total. The number of rotatable bonds is 7. The van der Waals surface area contributed by atoms with Crippen LogP contribution in [0.25, 0.3) is 0 Å². The molecule has 2 saturated heterocycles. The number of carbonyl (C=O) groups is 3. The number of para-hydroxylation sites is 1. The van der Waals surface area contributed by atoms with Gasteiger partial charge in [-0.1, -0.05) is 38.1 Å². The Balaban J connectivity index is 1.48. The number of fused-ring (bicyclic) bond motifs is 1. The molecule has 2 heterocycles. The normalized spacial score (nSPS) is 20.8. The summed E-state index contributed by atoms with van der Waals surface area (Å²) >= 11 is 0. The van der Waals surface area contributed by atoms with Gasteiger partial charge >= 0.3 is 0 Å². The summed E-state index contributed by atoms with van der Waals surface area (Å²) in [6, 6.07) is 14.9. The molecule has 0 saturated carbocycles. The van der Waals surface area contributed by atoms with E-state index in [0.717, 1.165) is 0 Å². The highest BCUT2D eigenvalue weighted by atomic mass is 16.5. The Kier molecular flexibility index (Phi) is 6.55. The van der Waals surface area contributed by atoms with Crippen LogP contribution in [0.3, 0.4) is 0 Å². The van der Waals surface area contributed by atoms with Crippen molar-refractivity contribution in [1.82, 2.24) is 10.2 Å². The molecular formula is C25H28N2O5. The van der Waals surface area contributed by atoms with E-state index in [1.165, 1.54) is 0 Å². The van der Waals surface area contributed by atoms with Gasteiger partial charge in [0.05, 0.1) is 6.10 Å². The van der Waals surface area contributed by atoms with E-state index in [1.54, 1.807) is 29.2 Å². The first kappa shape index (κ1) is 22.0. The Labute approximate surface area is 187 Å². The lowest BCUT2D eigenvalue weighted by Crippen LogP contribution is -2.52. The van der Waals surface area contributed by atoms with Gasteiger partial charge in [0.15, 0.2) is 5.78 Å². The third-order valence-corrected chi connectivity index (χ3v) is 5.78. The average Bonchev–Trinajstić information content (AvgIpc) is 3.36. The fraction of sp³-hybridized carbons (Fsp3) is 0.400. The van der Waals surface area contributed by atoms with Gasteiger partial charge in [0.2, 0.25) is 5.91 Å². The summed E-state index contributed by atoms with van der Waals surface area (Å²) in [7, 11) is 0. The van der Waals surface area contributed by atoms with Crippen molar-refractivity contribution < 1.29 is 23.9 Å². The SMILES string of the molecule is CC(C)C[C@H](NC(=O)c1cccc(Oc2ccccc2)c1)C(=O)N1CCC2OCC(=O)C21. The smallest absolute Gasteiger partial charge is 0.252 e. The number of benzene rings is 2. The van der Waals surface area contributed by atoms with Crippen molar-refractivity contribution in [3.8, 4) is 11.5 Å². The van der Waals surface area contributed by atoms with Crippen LogP contribution in [0.2, 0.25) is 0 Å². The first-order chi connectivity index (χ1) is 15.4. The maximum Gasteiger partial charge on any atom is 0.252 e. The van der Waals surface area contributed by atoms with Crippen molar-refractivity contribution in [1.29, 1.82) is 0 Å². The second-order valence-electron chi connectivity index (χ2n) is 8.68. The highest BCUT2D eigenvalue weighted by Gasteiger charge is 2.48. The highest BCUT2D eigenvalue weighted by molar-refractivity contribution is 5.99. The molecule has 0 aliphatic carbocycles. The number of ketones is 1. The Bertz CT molecular complexity index is 991. The van der Waals surface area contributed by atoms with Gasteiger partial charge < -0.3 is 19.7 Å². The van der Waals surface area contributed by atoms with Crippen LogP contribution < -0.4 is 10.1 Å². The summed E-state index contributed by atoms with van der Waals surface area (Å²) in [5.41, 5.74) is 0.402. The van der Waals surface area contributed by atoms with Gasteiger partial charge in [0.25, 0.3) is 5.91 Å². The molecule has 2 fully saturated rings. The van der Waals surface area contributed by atoms with Crippen molar-refractivity contribution in [2.75, 3.05) is 13.2 Å². The number of nitrogens with one attached hydrogen (secondary N) is 1. The van der Waals surface area contributed by atoms with Crippen LogP contribution in [-0.4, -0.2) is 53.8 Å². The first-order valence-electron chi connectivity index (χ1n) is 11.0. The lowest BCUT2D eigenvalue weighted by atomic mass is 10.0. The number of likely N-dealkylation sites (tertiary alicyclic amines) is 1. The second-order valence-corrected chi connectivity index (χ2v) is 8.68. The third kappa shape index (κ3) is 4.83. The van der Waals surface area contributed by atoms with Gasteiger partial charge in [-0.05, 0) is 49.1 Å². The van der Waals surface area contributed by atoms with Crippen molar-refractivity contribution in [3.63, 3.8) is 0 Å². The van der Waals surface area contributed by atoms with Crippen LogP contribution in [0.15, 0.2) is 54.6 Å². The fourth-order valence-electron chi connectivity index (χ4n) is 4.30. The Hall–Kier alpha value is -3.19. The lowest BCUT2D eigenvalue weighted by molar-refractivity contribution is -0.138. The van der Waals surface area contributed by atoms with Crippen molar-refractivity contribution in [2.45, 2.75) is 44.9 Å². The zero-order valence-electron chi connectivity index (χ0n) is 18.3. The van der Waals surface area contributed by atoms with E-state index in [-0.39, 0.29) is 36.2 Å². The molecule has 4 rings (SSSR count). The Morgan fingerprint density at radius 2 is 1.88 bits per heavy atom. The number of ether oxygens (including phenoxy) is 2. The van der Waals surface area contributed by atoms with Crippen LogP contribution >= 0.6 is 0 Å². The maximum atomic E-state index is 13.3.